The molecule has 188 valence electrons. The van der Waals surface area contributed by atoms with Gasteiger partial charge in [-0.2, -0.15) is 5.10 Å². The highest BCUT2D eigenvalue weighted by atomic mass is 16.5. The number of hydrogen-bond acceptors (Lipinski definition) is 8. The van der Waals surface area contributed by atoms with Gasteiger partial charge in [-0.3, -0.25) is 0 Å². The Balaban J connectivity index is 1.51. The van der Waals surface area contributed by atoms with E-state index in [0.29, 0.717) is 24.2 Å². The summed E-state index contributed by atoms with van der Waals surface area (Å²) in [6.07, 6.45) is 11.1. The van der Waals surface area contributed by atoms with Gasteiger partial charge in [-0.05, 0) is 32.0 Å². The van der Waals surface area contributed by atoms with E-state index in [0.717, 1.165) is 28.3 Å². The van der Waals surface area contributed by atoms with Crippen molar-refractivity contribution >= 4 is 11.5 Å². The number of ether oxygens (including phenoxy) is 1. The summed E-state index contributed by atoms with van der Waals surface area (Å²) in [6, 6.07) is 12.1. The van der Waals surface area contributed by atoms with Crippen LogP contribution < -0.4 is 15.0 Å². The molecule has 0 bridgehead atoms. The van der Waals surface area contributed by atoms with E-state index in [-0.39, 0.29) is 6.61 Å². The molecule has 9 nitrogen and oxygen atoms in total. The minimum absolute atomic E-state index is 0.205. The Kier molecular flexibility index (Phi) is 7.39. The van der Waals surface area contributed by atoms with Gasteiger partial charge in [0.1, 0.15) is 24.3 Å². The molecule has 1 unspecified atom stereocenters. The highest BCUT2D eigenvalue weighted by Crippen LogP contribution is 2.30. The number of aliphatic hydroxyl groups excluding tert-OH is 1. The fraction of sp³-hybridized carbons (Fsp3) is 0.407. The van der Waals surface area contributed by atoms with Crippen molar-refractivity contribution in [2.24, 2.45) is 0 Å². The molecule has 3 aromatic heterocycles. The van der Waals surface area contributed by atoms with Crippen LogP contribution in [0.1, 0.15) is 32.1 Å². The molecule has 0 aliphatic heterocycles. The molecule has 4 aromatic rings. The van der Waals surface area contributed by atoms with Crippen LogP contribution in [0, 0.1) is 0 Å². The maximum atomic E-state index is 10.0. The fourth-order valence-electron chi connectivity index (χ4n) is 4.70. The molecule has 1 atom stereocenters. The minimum atomic E-state index is -0.585. The lowest BCUT2D eigenvalue weighted by atomic mass is 9.94. The Labute approximate surface area is 211 Å². The molecule has 5 rings (SSSR count). The molecule has 0 radical (unpaired) electrons. The van der Waals surface area contributed by atoms with Crippen LogP contribution in [0.5, 0.6) is 5.75 Å². The standard InChI is InChI=1S/C27H33N7O2/c1-28-16-22(35)18-36-23-10-6-7-19(13-23)27-31-24(20-15-29-25-11-12-30-34(25)17-20)14-26(32-27)33(2)21-8-4-3-5-9-21/h6-7,10-15,17,21-22,28,35H,3-5,8-9,16,18H2,1-2H3. The van der Waals surface area contributed by atoms with Crippen LogP contribution >= 0.6 is 0 Å². The summed E-state index contributed by atoms with van der Waals surface area (Å²) < 4.78 is 7.59. The highest BCUT2D eigenvalue weighted by molar-refractivity contribution is 5.68. The number of fused-ring (bicyclic) bond motifs is 1. The zero-order valence-electron chi connectivity index (χ0n) is 20.8. The number of nitrogens with one attached hydrogen (secondary N) is 1. The van der Waals surface area contributed by atoms with Crippen LogP contribution in [-0.2, 0) is 0 Å². The Morgan fingerprint density at radius 1 is 1.14 bits per heavy atom. The zero-order chi connectivity index (χ0) is 24.9. The number of aliphatic hydroxyl groups is 1. The van der Waals surface area contributed by atoms with Crippen molar-refractivity contribution in [3.63, 3.8) is 0 Å². The molecular formula is C27H33N7O2. The van der Waals surface area contributed by atoms with Gasteiger partial charge >= 0.3 is 0 Å². The van der Waals surface area contributed by atoms with E-state index in [1.54, 1.807) is 17.8 Å². The predicted molar refractivity (Wildman–Crippen MR) is 140 cm³/mol. The second kappa shape index (κ2) is 11.0. The van der Waals surface area contributed by atoms with E-state index < -0.39 is 6.10 Å². The summed E-state index contributed by atoms with van der Waals surface area (Å²) in [5.41, 5.74) is 3.30. The van der Waals surface area contributed by atoms with Crippen LogP contribution in [0.3, 0.4) is 0 Å². The van der Waals surface area contributed by atoms with E-state index in [2.05, 4.69) is 27.3 Å². The van der Waals surface area contributed by atoms with Crippen LogP contribution in [0.4, 0.5) is 5.82 Å². The monoisotopic (exact) mass is 487 g/mol. The maximum Gasteiger partial charge on any atom is 0.162 e. The van der Waals surface area contributed by atoms with Gasteiger partial charge < -0.3 is 20.1 Å². The SMILES string of the molecule is CNCC(O)COc1cccc(-c2nc(-c3cnc4ccnn4c3)cc(N(C)C3CCCCC3)n2)c1. The van der Waals surface area contributed by atoms with E-state index in [9.17, 15) is 5.11 Å². The topological polar surface area (TPSA) is 101 Å². The third-order valence-corrected chi connectivity index (χ3v) is 6.71. The Bertz CT molecular complexity index is 1300. The molecule has 0 saturated heterocycles. The molecule has 1 aromatic carbocycles. The summed E-state index contributed by atoms with van der Waals surface area (Å²) in [5, 5.41) is 17.3. The fourth-order valence-corrected chi connectivity index (χ4v) is 4.70. The number of hydrogen-bond donors (Lipinski definition) is 2. The number of anilines is 1. The largest absolute Gasteiger partial charge is 0.491 e. The average molecular weight is 488 g/mol. The van der Waals surface area contributed by atoms with E-state index in [1.807, 2.05) is 48.8 Å². The molecule has 1 aliphatic rings. The first kappa shape index (κ1) is 24.1. The van der Waals surface area contributed by atoms with Gasteiger partial charge in [0.25, 0.3) is 0 Å². The third kappa shape index (κ3) is 5.47. The van der Waals surface area contributed by atoms with Crippen LogP contribution in [0.15, 0.2) is 55.0 Å². The van der Waals surface area contributed by atoms with E-state index >= 15 is 0 Å². The van der Waals surface area contributed by atoms with E-state index in [1.165, 1.54) is 32.1 Å². The lowest BCUT2D eigenvalue weighted by Crippen LogP contribution is -2.34. The number of nitrogens with zero attached hydrogens (tertiary/aromatic N) is 6. The summed E-state index contributed by atoms with van der Waals surface area (Å²) >= 11 is 0. The number of aromatic nitrogens is 5. The van der Waals surface area contributed by atoms with Crippen molar-refractivity contribution < 1.29 is 9.84 Å². The van der Waals surface area contributed by atoms with Gasteiger partial charge in [-0.15, -0.1) is 0 Å². The normalized spacial score (nSPS) is 15.2. The molecule has 3 heterocycles. The Morgan fingerprint density at radius 2 is 2.00 bits per heavy atom. The van der Waals surface area contributed by atoms with Gasteiger partial charge in [0.05, 0.1) is 11.9 Å². The number of benzene rings is 1. The summed E-state index contributed by atoms with van der Waals surface area (Å²) in [6.45, 7) is 0.673. The van der Waals surface area contributed by atoms with Crippen molar-refractivity contribution in [2.45, 2.75) is 44.2 Å². The number of rotatable bonds is 9. The summed E-state index contributed by atoms with van der Waals surface area (Å²) in [4.78, 5) is 16.7. The predicted octanol–water partition coefficient (Wildman–Crippen LogP) is 3.58. The molecule has 1 aliphatic carbocycles. The van der Waals surface area contributed by atoms with Gasteiger partial charge in [0.15, 0.2) is 11.5 Å². The first-order valence-corrected chi connectivity index (χ1v) is 12.6. The van der Waals surface area contributed by atoms with Crippen LogP contribution in [-0.4, -0.2) is 69.1 Å². The smallest absolute Gasteiger partial charge is 0.162 e. The minimum Gasteiger partial charge on any atom is -0.491 e. The molecule has 1 fully saturated rings. The van der Waals surface area contributed by atoms with Crippen molar-refractivity contribution in [1.82, 2.24) is 29.9 Å². The summed E-state index contributed by atoms with van der Waals surface area (Å²) in [7, 11) is 3.93. The molecule has 9 heteroatoms. The third-order valence-electron chi connectivity index (χ3n) is 6.71. The van der Waals surface area contributed by atoms with Crippen molar-refractivity contribution in [3.8, 4) is 28.4 Å². The van der Waals surface area contributed by atoms with E-state index in [4.69, 9.17) is 14.7 Å². The maximum absolute atomic E-state index is 10.0. The highest BCUT2D eigenvalue weighted by Gasteiger charge is 2.21. The summed E-state index contributed by atoms with van der Waals surface area (Å²) in [5.74, 6) is 2.17. The molecule has 36 heavy (non-hydrogen) atoms. The molecule has 1 saturated carbocycles. The van der Waals surface area contributed by atoms with Gasteiger partial charge in [-0.25, -0.2) is 19.5 Å². The second-order valence-electron chi connectivity index (χ2n) is 9.36. The first-order chi connectivity index (χ1) is 17.6. The second-order valence-corrected chi connectivity index (χ2v) is 9.36. The van der Waals surface area contributed by atoms with Crippen LogP contribution in [0.2, 0.25) is 0 Å². The molecule has 2 N–H and O–H groups in total. The first-order valence-electron chi connectivity index (χ1n) is 12.6. The van der Waals surface area contributed by atoms with Gasteiger partial charge in [0, 0.05) is 55.3 Å². The molecule has 0 amide bonds. The quantitative estimate of drug-likeness (QED) is 0.370. The van der Waals surface area contributed by atoms with Gasteiger partial charge in [0.2, 0.25) is 0 Å². The average Bonchev–Trinajstić information content (AvgIpc) is 3.40. The van der Waals surface area contributed by atoms with Crippen molar-refractivity contribution in [1.29, 1.82) is 0 Å². The van der Waals surface area contributed by atoms with Crippen molar-refractivity contribution in [3.05, 3.63) is 55.0 Å². The molecule has 0 spiro atoms. The zero-order valence-corrected chi connectivity index (χ0v) is 20.8. The Morgan fingerprint density at radius 3 is 2.83 bits per heavy atom. The number of likely N-dealkylation sites (N-methyl/N-ethyl adjacent to an activating group) is 1. The molecular weight excluding hydrogens is 454 g/mol. The Hall–Kier alpha value is -3.56. The van der Waals surface area contributed by atoms with Crippen molar-refractivity contribution in [2.75, 3.05) is 32.1 Å². The lowest BCUT2D eigenvalue weighted by Gasteiger charge is -2.32. The lowest BCUT2D eigenvalue weighted by molar-refractivity contribution is 0.108. The van der Waals surface area contributed by atoms with Crippen LogP contribution in [0.25, 0.3) is 28.3 Å². The van der Waals surface area contributed by atoms with Gasteiger partial charge in [-0.1, -0.05) is 31.4 Å².